The Kier molecular flexibility index (Phi) is 3.85. The minimum Gasteiger partial charge on any atom is -0.353 e. The highest BCUT2D eigenvalue weighted by Gasteiger charge is 2.31. The first-order chi connectivity index (χ1) is 7.66. The van der Waals surface area contributed by atoms with E-state index < -0.39 is 0 Å². The molecular weight excluding hydrogens is 200 g/mol. The number of nitrogens with one attached hydrogen (secondary N) is 1. The van der Waals surface area contributed by atoms with Crippen molar-refractivity contribution in [3.63, 3.8) is 0 Å². The van der Waals surface area contributed by atoms with E-state index in [2.05, 4.69) is 12.2 Å². The Bertz CT molecular complexity index is 246. The third-order valence-electron chi connectivity index (χ3n) is 4.27. The van der Waals surface area contributed by atoms with Crippen LogP contribution in [0.15, 0.2) is 0 Å². The Morgan fingerprint density at radius 3 is 2.38 bits per heavy atom. The van der Waals surface area contributed by atoms with Crippen LogP contribution in [0.3, 0.4) is 0 Å². The van der Waals surface area contributed by atoms with Gasteiger partial charge in [0.05, 0.1) is 5.92 Å². The number of rotatable bonds is 2. The first-order valence-corrected chi connectivity index (χ1v) is 6.72. The zero-order valence-corrected chi connectivity index (χ0v) is 10.2. The van der Waals surface area contributed by atoms with Gasteiger partial charge in [-0.3, -0.25) is 4.79 Å². The predicted molar refractivity (Wildman–Crippen MR) is 64.9 cm³/mol. The topological polar surface area (TPSA) is 55.1 Å². The molecule has 0 saturated heterocycles. The largest absolute Gasteiger partial charge is 0.353 e. The smallest absolute Gasteiger partial charge is 0.224 e. The van der Waals surface area contributed by atoms with E-state index in [1.54, 1.807) is 0 Å². The van der Waals surface area contributed by atoms with Crippen molar-refractivity contribution in [2.45, 2.75) is 64.0 Å². The molecule has 0 aromatic heterocycles. The third-order valence-corrected chi connectivity index (χ3v) is 4.27. The maximum Gasteiger partial charge on any atom is 0.224 e. The molecule has 16 heavy (non-hydrogen) atoms. The van der Waals surface area contributed by atoms with Crippen LogP contribution >= 0.6 is 0 Å². The summed E-state index contributed by atoms with van der Waals surface area (Å²) in [6.07, 6.45) is 7.91. The average molecular weight is 224 g/mol. The van der Waals surface area contributed by atoms with Gasteiger partial charge in [0.25, 0.3) is 0 Å². The van der Waals surface area contributed by atoms with Gasteiger partial charge < -0.3 is 11.1 Å². The number of nitrogens with two attached hydrogens (primary N) is 1. The molecule has 3 heteroatoms. The molecular formula is C13H24N2O. The highest BCUT2D eigenvalue weighted by Crippen LogP contribution is 2.26. The van der Waals surface area contributed by atoms with Gasteiger partial charge in [-0.05, 0) is 44.4 Å². The lowest BCUT2D eigenvalue weighted by molar-refractivity contribution is -0.126. The molecule has 0 aromatic carbocycles. The summed E-state index contributed by atoms with van der Waals surface area (Å²) in [4.78, 5) is 12.0. The Labute approximate surface area is 98.2 Å². The molecule has 2 rings (SSSR count). The molecule has 0 bridgehead atoms. The van der Waals surface area contributed by atoms with E-state index in [0.29, 0.717) is 6.04 Å². The van der Waals surface area contributed by atoms with Crippen molar-refractivity contribution in [2.24, 2.45) is 17.6 Å². The van der Waals surface area contributed by atoms with Gasteiger partial charge in [-0.15, -0.1) is 0 Å². The molecule has 1 amide bonds. The van der Waals surface area contributed by atoms with Crippen LogP contribution in [0.1, 0.15) is 51.9 Å². The van der Waals surface area contributed by atoms with Gasteiger partial charge in [0.1, 0.15) is 0 Å². The quantitative estimate of drug-likeness (QED) is 0.751. The minimum atomic E-state index is 0.0827. The van der Waals surface area contributed by atoms with Crippen LogP contribution in [0, 0.1) is 11.8 Å². The highest BCUT2D eigenvalue weighted by molar-refractivity contribution is 5.80. The van der Waals surface area contributed by atoms with E-state index in [-0.39, 0.29) is 17.9 Å². The van der Waals surface area contributed by atoms with E-state index in [0.717, 1.165) is 38.0 Å². The van der Waals surface area contributed by atoms with Crippen molar-refractivity contribution < 1.29 is 4.79 Å². The van der Waals surface area contributed by atoms with Crippen molar-refractivity contribution in [3.8, 4) is 0 Å². The van der Waals surface area contributed by atoms with Crippen LogP contribution in [0.2, 0.25) is 0 Å². The standard InChI is InChI=1S/C13H24N2O/c1-9-5-7-10(8-6-9)15-13(16)11-3-2-4-12(11)14/h9-12H,2-8,14H2,1H3,(H,15,16). The lowest BCUT2D eigenvalue weighted by Gasteiger charge is -2.28. The fraction of sp³-hybridized carbons (Fsp3) is 0.923. The summed E-state index contributed by atoms with van der Waals surface area (Å²) in [5.74, 6) is 1.13. The predicted octanol–water partition coefficient (Wildman–Crippen LogP) is 1.81. The molecule has 0 aliphatic heterocycles. The molecule has 3 nitrogen and oxygen atoms in total. The van der Waals surface area contributed by atoms with Crippen LogP contribution in [0.25, 0.3) is 0 Å². The van der Waals surface area contributed by atoms with Gasteiger partial charge in [-0.2, -0.15) is 0 Å². The van der Waals surface area contributed by atoms with Crippen LogP contribution in [-0.2, 0) is 4.79 Å². The summed E-state index contributed by atoms with van der Waals surface area (Å²) in [7, 11) is 0. The van der Waals surface area contributed by atoms with Crippen molar-refractivity contribution >= 4 is 5.91 Å². The second-order valence-electron chi connectivity index (χ2n) is 5.67. The molecule has 2 aliphatic rings. The zero-order chi connectivity index (χ0) is 11.5. The van der Waals surface area contributed by atoms with Crippen molar-refractivity contribution in [2.75, 3.05) is 0 Å². The lowest BCUT2D eigenvalue weighted by atomic mass is 9.87. The van der Waals surface area contributed by atoms with Gasteiger partial charge >= 0.3 is 0 Å². The third kappa shape index (κ3) is 2.76. The Morgan fingerprint density at radius 1 is 1.12 bits per heavy atom. The SMILES string of the molecule is CC1CCC(NC(=O)C2CCCC2N)CC1. The molecule has 2 atom stereocenters. The number of hydrogen-bond donors (Lipinski definition) is 2. The van der Waals surface area contributed by atoms with E-state index in [9.17, 15) is 4.79 Å². The first kappa shape index (κ1) is 11.9. The lowest BCUT2D eigenvalue weighted by Crippen LogP contribution is -2.44. The van der Waals surface area contributed by atoms with Gasteiger partial charge in [0, 0.05) is 12.1 Å². The molecule has 0 spiro atoms. The van der Waals surface area contributed by atoms with Crippen molar-refractivity contribution in [1.29, 1.82) is 0 Å². The molecule has 2 unspecified atom stereocenters. The maximum absolute atomic E-state index is 12.0. The van der Waals surface area contributed by atoms with E-state index >= 15 is 0 Å². The Balaban J connectivity index is 1.78. The molecule has 2 fully saturated rings. The van der Waals surface area contributed by atoms with Crippen LogP contribution < -0.4 is 11.1 Å². The summed E-state index contributed by atoms with van der Waals surface area (Å²) >= 11 is 0. The molecule has 0 aromatic rings. The normalized spacial score (nSPS) is 39.6. The van der Waals surface area contributed by atoms with Crippen LogP contribution in [0.5, 0.6) is 0 Å². The second-order valence-corrected chi connectivity index (χ2v) is 5.67. The van der Waals surface area contributed by atoms with E-state index in [1.165, 1.54) is 12.8 Å². The first-order valence-electron chi connectivity index (χ1n) is 6.72. The van der Waals surface area contributed by atoms with Crippen molar-refractivity contribution in [3.05, 3.63) is 0 Å². The molecule has 92 valence electrons. The number of carbonyl (C=O) groups excluding carboxylic acids is 1. The summed E-state index contributed by atoms with van der Waals surface area (Å²) in [5.41, 5.74) is 5.95. The number of carbonyl (C=O) groups is 1. The monoisotopic (exact) mass is 224 g/mol. The highest BCUT2D eigenvalue weighted by atomic mass is 16.2. The zero-order valence-electron chi connectivity index (χ0n) is 10.2. The number of amides is 1. The van der Waals surface area contributed by atoms with E-state index in [1.807, 2.05) is 0 Å². The summed E-state index contributed by atoms with van der Waals surface area (Å²) in [6.45, 7) is 2.30. The van der Waals surface area contributed by atoms with Gasteiger partial charge in [-0.1, -0.05) is 13.3 Å². The molecule has 0 radical (unpaired) electrons. The Hall–Kier alpha value is -0.570. The van der Waals surface area contributed by atoms with Crippen LogP contribution in [-0.4, -0.2) is 18.0 Å². The van der Waals surface area contributed by atoms with Gasteiger partial charge in [-0.25, -0.2) is 0 Å². The Morgan fingerprint density at radius 2 is 1.81 bits per heavy atom. The molecule has 2 aliphatic carbocycles. The van der Waals surface area contributed by atoms with Crippen LogP contribution in [0.4, 0.5) is 0 Å². The average Bonchev–Trinajstić information content (AvgIpc) is 2.68. The second kappa shape index (κ2) is 5.17. The minimum absolute atomic E-state index is 0.0827. The summed E-state index contributed by atoms with van der Waals surface area (Å²) in [5, 5.41) is 3.19. The van der Waals surface area contributed by atoms with Gasteiger partial charge in [0.15, 0.2) is 0 Å². The fourth-order valence-electron chi connectivity index (χ4n) is 3.03. The molecule has 3 N–H and O–H groups in total. The molecule has 0 heterocycles. The van der Waals surface area contributed by atoms with Gasteiger partial charge in [0.2, 0.25) is 5.91 Å². The summed E-state index contributed by atoms with van der Waals surface area (Å²) < 4.78 is 0. The molecule has 2 saturated carbocycles. The maximum atomic E-state index is 12.0. The van der Waals surface area contributed by atoms with Crippen molar-refractivity contribution in [1.82, 2.24) is 5.32 Å². The fourth-order valence-corrected chi connectivity index (χ4v) is 3.03. The van der Waals surface area contributed by atoms with E-state index in [4.69, 9.17) is 5.73 Å². The number of hydrogen-bond acceptors (Lipinski definition) is 2. The summed E-state index contributed by atoms with van der Waals surface area (Å²) in [6, 6.07) is 0.513.